The molecule has 118 valence electrons. The van der Waals surface area contributed by atoms with Gasteiger partial charge in [-0.25, -0.2) is 0 Å². The average Bonchev–Trinajstić information content (AvgIpc) is 2.51. The first kappa shape index (κ1) is 17.0. The van der Waals surface area contributed by atoms with Crippen LogP contribution in [0.25, 0.3) is 0 Å². The van der Waals surface area contributed by atoms with Gasteiger partial charge in [0.15, 0.2) is 0 Å². The van der Waals surface area contributed by atoms with E-state index in [1.54, 1.807) is 0 Å². The summed E-state index contributed by atoms with van der Waals surface area (Å²) in [5.74, 6) is 0. The van der Waals surface area contributed by atoms with Crippen molar-refractivity contribution in [3.8, 4) is 0 Å². The third kappa shape index (κ3) is 3.52. The Kier molecular flexibility index (Phi) is 5.50. The van der Waals surface area contributed by atoms with Crippen molar-refractivity contribution in [1.82, 2.24) is 10.2 Å². The zero-order chi connectivity index (χ0) is 15.5. The van der Waals surface area contributed by atoms with Crippen LogP contribution in [0.15, 0.2) is 28.7 Å². The van der Waals surface area contributed by atoms with E-state index in [1.165, 1.54) is 29.3 Å². The summed E-state index contributed by atoms with van der Waals surface area (Å²) in [6.45, 7) is 12.5. The third-order valence-corrected chi connectivity index (χ3v) is 6.24. The molecule has 1 saturated heterocycles. The summed E-state index contributed by atoms with van der Waals surface area (Å²) in [4.78, 5) is 2.72. The van der Waals surface area contributed by atoms with Gasteiger partial charge in [0.1, 0.15) is 0 Å². The minimum atomic E-state index is 0.231. The molecular formula is C18H29BrN2. The van der Waals surface area contributed by atoms with Crippen LogP contribution < -0.4 is 5.32 Å². The summed E-state index contributed by atoms with van der Waals surface area (Å²) in [6.07, 6.45) is 3.56. The van der Waals surface area contributed by atoms with E-state index in [-0.39, 0.29) is 11.1 Å². The van der Waals surface area contributed by atoms with Crippen molar-refractivity contribution >= 4 is 15.9 Å². The molecule has 0 spiro atoms. The Morgan fingerprint density at radius 3 is 2.38 bits per heavy atom. The van der Waals surface area contributed by atoms with E-state index in [9.17, 15) is 0 Å². The molecule has 2 nitrogen and oxygen atoms in total. The predicted molar refractivity (Wildman–Crippen MR) is 94.6 cm³/mol. The highest BCUT2D eigenvalue weighted by molar-refractivity contribution is 9.10. The molecular weight excluding hydrogens is 324 g/mol. The zero-order valence-electron chi connectivity index (χ0n) is 13.9. The van der Waals surface area contributed by atoms with Gasteiger partial charge in [-0.15, -0.1) is 0 Å². The normalized spacial score (nSPS) is 26.0. The van der Waals surface area contributed by atoms with Crippen LogP contribution in [-0.4, -0.2) is 29.1 Å². The Bertz CT molecular complexity index is 470. The molecule has 0 aliphatic carbocycles. The lowest BCUT2D eigenvalue weighted by molar-refractivity contribution is -0.00421. The van der Waals surface area contributed by atoms with Crippen molar-refractivity contribution in [2.75, 3.05) is 13.1 Å². The quantitative estimate of drug-likeness (QED) is 0.833. The summed E-state index contributed by atoms with van der Waals surface area (Å²) in [6, 6.07) is 8.62. The van der Waals surface area contributed by atoms with E-state index >= 15 is 0 Å². The molecule has 0 saturated carbocycles. The van der Waals surface area contributed by atoms with E-state index in [2.05, 4.69) is 78.1 Å². The number of nitrogens with one attached hydrogen (secondary N) is 1. The molecule has 1 unspecified atom stereocenters. The maximum absolute atomic E-state index is 3.81. The van der Waals surface area contributed by atoms with Crippen LogP contribution in [0, 0.1) is 0 Å². The minimum Gasteiger partial charge on any atom is -0.308 e. The second-order valence-corrected chi connectivity index (χ2v) is 7.50. The fourth-order valence-electron chi connectivity index (χ4n) is 3.37. The molecule has 1 aliphatic rings. The zero-order valence-corrected chi connectivity index (χ0v) is 15.5. The average molecular weight is 353 g/mol. The smallest absolute Gasteiger partial charge is 0.0333 e. The van der Waals surface area contributed by atoms with Crippen LogP contribution in [0.4, 0.5) is 0 Å². The molecule has 1 fully saturated rings. The topological polar surface area (TPSA) is 15.3 Å². The summed E-state index contributed by atoms with van der Waals surface area (Å²) in [5, 5.41) is 3.81. The van der Waals surface area contributed by atoms with Gasteiger partial charge in [0, 0.05) is 35.2 Å². The van der Waals surface area contributed by atoms with Crippen molar-refractivity contribution in [1.29, 1.82) is 0 Å². The summed E-state index contributed by atoms with van der Waals surface area (Å²) >= 11 is 3.71. The van der Waals surface area contributed by atoms with Crippen LogP contribution in [0.1, 0.15) is 52.5 Å². The Labute approximate surface area is 138 Å². The van der Waals surface area contributed by atoms with Crippen LogP contribution in [-0.2, 0) is 6.54 Å². The SMILES string of the molecule is CCC1(C)CN(Cc2ccccc2Br)C(CC)(CC)CN1. The molecule has 0 aromatic heterocycles. The van der Waals surface area contributed by atoms with E-state index < -0.39 is 0 Å². The Balaban J connectivity index is 2.27. The van der Waals surface area contributed by atoms with E-state index in [0.29, 0.717) is 0 Å². The van der Waals surface area contributed by atoms with Gasteiger partial charge in [-0.1, -0.05) is 54.9 Å². The van der Waals surface area contributed by atoms with Crippen LogP contribution >= 0.6 is 15.9 Å². The molecule has 1 aromatic carbocycles. The molecule has 1 aliphatic heterocycles. The maximum atomic E-state index is 3.81. The van der Waals surface area contributed by atoms with Gasteiger partial charge in [-0.2, -0.15) is 0 Å². The molecule has 1 N–H and O–H groups in total. The summed E-state index contributed by atoms with van der Waals surface area (Å²) < 4.78 is 1.22. The van der Waals surface area contributed by atoms with Crippen molar-refractivity contribution in [2.24, 2.45) is 0 Å². The Morgan fingerprint density at radius 1 is 1.14 bits per heavy atom. The van der Waals surface area contributed by atoms with E-state index in [0.717, 1.165) is 19.6 Å². The Morgan fingerprint density at radius 2 is 1.81 bits per heavy atom. The van der Waals surface area contributed by atoms with Crippen LogP contribution in [0.3, 0.4) is 0 Å². The number of nitrogens with zero attached hydrogens (tertiary/aromatic N) is 1. The predicted octanol–water partition coefficient (Wildman–Crippen LogP) is 4.58. The molecule has 0 bridgehead atoms. The maximum Gasteiger partial charge on any atom is 0.0333 e. The van der Waals surface area contributed by atoms with Gasteiger partial charge < -0.3 is 5.32 Å². The van der Waals surface area contributed by atoms with Crippen molar-refractivity contribution in [3.63, 3.8) is 0 Å². The molecule has 0 amide bonds. The molecule has 3 heteroatoms. The number of hydrogen-bond acceptors (Lipinski definition) is 2. The van der Waals surface area contributed by atoms with Gasteiger partial charge in [0.05, 0.1) is 0 Å². The highest BCUT2D eigenvalue weighted by Gasteiger charge is 2.42. The molecule has 0 radical (unpaired) electrons. The first-order chi connectivity index (χ1) is 9.98. The number of rotatable bonds is 5. The largest absolute Gasteiger partial charge is 0.308 e. The van der Waals surface area contributed by atoms with Crippen LogP contribution in [0.2, 0.25) is 0 Å². The number of halogens is 1. The molecule has 1 heterocycles. The lowest BCUT2D eigenvalue weighted by atomic mass is 9.82. The first-order valence-electron chi connectivity index (χ1n) is 8.22. The second-order valence-electron chi connectivity index (χ2n) is 6.65. The second kappa shape index (κ2) is 6.80. The van der Waals surface area contributed by atoms with Crippen molar-refractivity contribution < 1.29 is 0 Å². The van der Waals surface area contributed by atoms with E-state index in [1.807, 2.05) is 0 Å². The highest BCUT2D eigenvalue weighted by Crippen LogP contribution is 2.33. The van der Waals surface area contributed by atoms with Crippen LogP contribution in [0.5, 0.6) is 0 Å². The summed E-state index contributed by atoms with van der Waals surface area (Å²) in [7, 11) is 0. The van der Waals surface area contributed by atoms with Gasteiger partial charge >= 0.3 is 0 Å². The lowest BCUT2D eigenvalue weighted by Gasteiger charge is -2.53. The third-order valence-electron chi connectivity index (χ3n) is 5.47. The summed E-state index contributed by atoms with van der Waals surface area (Å²) in [5.41, 5.74) is 1.91. The molecule has 2 rings (SSSR count). The van der Waals surface area contributed by atoms with Gasteiger partial charge in [0.2, 0.25) is 0 Å². The lowest BCUT2D eigenvalue weighted by Crippen LogP contribution is -2.68. The number of piperazine rings is 1. The fourth-order valence-corrected chi connectivity index (χ4v) is 3.78. The van der Waals surface area contributed by atoms with Gasteiger partial charge in [0.25, 0.3) is 0 Å². The van der Waals surface area contributed by atoms with E-state index in [4.69, 9.17) is 0 Å². The highest BCUT2D eigenvalue weighted by atomic mass is 79.9. The number of hydrogen-bond donors (Lipinski definition) is 1. The van der Waals surface area contributed by atoms with Crippen molar-refractivity contribution in [2.45, 2.75) is 64.6 Å². The molecule has 1 aromatic rings. The monoisotopic (exact) mass is 352 g/mol. The molecule has 21 heavy (non-hydrogen) atoms. The minimum absolute atomic E-state index is 0.231. The van der Waals surface area contributed by atoms with Gasteiger partial charge in [-0.3, -0.25) is 4.90 Å². The Hall–Kier alpha value is -0.380. The number of benzene rings is 1. The fraction of sp³-hybridized carbons (Fsp3) is 0.667. The molecule has 1 atom stereocenters. The standard InChI is InChI=1S/C18H29BrN2/c1-5-17(4)14-21(18(6-2,7-3)13-20-17)12-15-10-8-9-11-16(15)19/h8-11,20H,5-7,12-14H2,1-4H3. The van der Waals surface area contributed by atoms with Crippen molar-refractivity contribution in [3.05, 3.63) is 34.3 Å². The van der Waals surface area contributed by atoms with Gasteiger partial charge in [-0.05, 0) is 37.8 Å². The first-order valence-corrected chi connectivity index (χ1v) is 9.01.